The molecule has 1 amide bonds. The van der Waals surface area contributed by atoms with E-state index >= 15 is 4.39 Å². The van der Waals surface area contributed by atoms with Crippen LogP contribution in [0.1, 0.15) is 74.2 Å². The number of amides is 1. The minimum atomic E-state index is -3.68. The van der Waals surface area contributed by atoms with E-state index in [4.69, 9.17) is 10.5 Å². The summed E-state index contributed by atoms with van der Waals surface area (Å²) in [6.07, 6.45) is 0.386. The first-order valence-electron chi connectivity index (χ1n) is 16.4. The smallest absolute Gasteiger partial charge is 0.410 e. The molecular formula is C35H40F4N6O4S. The zero-order chi connectivity index (χ0) is 36.4. The molecule has 2 saturated heterocycles. The van der Waals surface area contributed by atoms with Gasteiger partial charge in [-0.2, -0.15) is 4.31 Å². The summed E-state index contributed by atoms with van der Waals surface area (Å²) >= 11 is 0. The number of ether oxygens (including phenoxy) is 1. The molecule has 3 aromatic carbocycles. The third-order valence-corrected chi connectivity index (χ3v) is 11.1. The summed E-state index contributed by atoms with van der Waals surface area (Å²) < 4.78 is 92.4. The highest BCUT2D eigenvalue weighted by Gasteiger charge is 2.44. The Hall–Kier alpha value is -4.17. The van der Waals surface area contributed by atoms with Crippen LogP contribution in [0.25, 0.3) is 10.4 Å². The van der Waals surface area contributed by atoms with Gasteiger partial charge in [0.2, 0.25) is 10.0 Å². The van der Waals surface area contributed by atoms with Crippen molar-refractivity contribution in [2.75, 3.05) is 18.8 Å². The van der Waals surface area contributed by atoms with Gasteiger partial charge in [-0.1, -0.05) is 29.4 Å². The van der Waals surface area contributed by atoms with Gasteiger partial charge in [-0.3, -0.25) is 0 Å². The third kappa shape index (κ3) is 8.40. The maximum atomic E-state index is 15.8. The molecule has 2 N–H and O–H groups in total. The average Bonchev–Trinajstić information content (AvgIpc) is 3.15. The van der Waals surface area contributed by atoms with Crippen molar-refractivity contribution in [1.82, 2.24) is 9.21 Å². The summed E-state index contributed by atoms with van der Waals surface area (Å²) in [4.78, 5) is 17.8. The number of halogens is 4. The lowest BCUT2D eigenvalue weighted by atomic mass is 9.79. The number of azide groups is 1. The number of nitrogens with zero attached hydrogens (tertiary/aromatic N) is 5. The Morgan fingerprint density at radius 3 is 2.34 bits per heavy atom. The van der Waals surface area contributed by atoms with Crippen LogP contribution < -0.4 is 5.73 Å². The van der Waals surface area contributed by atoms with Crippen LogP contribution in [0, 0.1) is 23.3 Å². The van der Waals surface area contributed by atoms with E-state index in [-0.39, 0.29) is 54.4 Å². The second-order valence-electron chi connectivity index (χ2n) is 13.8. The predicted octanol–water partition coefficient (Wildman–Crippen LogP) is 7.10. The normalized spacial score (nSPS) is 22.1. The summed E-state index contributed by atoms with van der Waals surface area (Å²) in [7, 11) is -3.68. The van der Waals surface area contributed by atoms with Crippen molar-refractivity contribution >= 4 is 16.1 Å². The van der Waals surface area contributed by atoms with Gasteiger partial charge in [-0.15, -0.1) is 0 Å². The second kappa shape index (κ2) is 15.0. The predicted molar refractivity (Wildman–Crippen MR) is 179 cm³/mol. The molecular weight excluding hydrogens is 676 g/mol. The average molecular weight is 717 g/mol. The van der Waals surface area contributed by atoms with Crippen molar-refractivity contribution < 1.29 is 35.5 Å². The van der Waals surface area contributed by atoms with E-state index in [0.717, 1.165) is 24.3 Å². The van der Waals surface area contributed by atoms with Gasteiger partial charge in [0.15, 0.2) is 0 Å². The van der Waals surface area contributed by atoms with Gasteiger partial charge in [-0.05, 0) is 105 Å². The summed E-state index contributed by atoms with van der Waals surface area (Å²) in [5.74, 6) is -4.18. The minimum Gasteiger partial charge on any atom is -0.444 e. The largest absolute Gasteiger partial charge is 0.444 e. The van der Waals surface area contributed by atoms with Gasteiger partial charge in [0, 0.05) is 48.1 Å². The zero-order valence-corrected chi connectivity index (χ0v) is 28.8. The van der Waals surface area contributed by atoms with Crippen molar-refractivity contribution in [2.45, 2.75) is 82.1 Å². The summed E-state index contributed by atoms with van der Waals surface area (Å²) in [6.45, 7) is 5.35. The minimum absolute atomic E-state index is 0.0159. The fourth-order valence-electron chi connectivity index (χ4n) is 6.97. The Bertz CT molecular complexity index is 1850. The molecule has 0 radical (unpaired) electrons. The molecule has 10 nitrogen and oxygen atoms in total. The number of nitrogens with two attached hydrogens (primary N) is 1. The Morgan fingerprint density at radius 1 is 1.02 bits per heavy atom. The fourth-order valence-corrected chi connectivity index (χ4v) is 8.76. The lowest BCUT2D eigenvalue weighted by Crippen LogP contribution is -2.60. The molecule has 2 aliphatic rings. The van der Waals surface area contributed by atoms with Crippen LogP contribution in [0.4, 0.5) is 22.4 Å². The summed E-state index contributed by atoms with van der Waals surface area (Å²) in [5, 5.41) is 3.93. The molecule has 2 bridgehead atoms. The lowest BCUT2D eigenvalue weighted by molar-refractivity contribution is -0.00329. The van der Waals surface area contributed by atoms with Gasteiger partial charge >= 0.3 is 6.09 Å². The zero-order valence-electron chi connectivity index (χ0n) is 28.0. The number of rotatable bonds is 9. The molecule has 2 fully saturated rings. The first-order valence-corrected chi connectivity index (χ1v) is 18.0. The van der Waals surface area contributed by atoms with Crippen molar-refractivity contribution in [3.8, 4) is 0 Å². The summed E-state index contributed by atoms with van der Waals surface area (Å²) in [6, 6.07) is 8.45. The van der Waals surface area contributed by atoms with E-state index in [1.54, 1.807) is 31.7 Å². The number of hydrogen-bond donors (Lipinski definition) is 1. The summed E-state index contributed by atoms with van der Waals surface area (Å²) in [5.41, 5.74) is 16.4. The first kappa shape index (κ1) is 37.1. The third-order valence-electron chi connectivity index (χ3n) is 9.18. The Kier molecular flexibility index (Phi) is 11.1. The quantitative estimate of drug-likeness (QED) is 0.109. The monoisotopic (exact) mass is 716 g/mol. The van der Waals surface area contributed by atoms with Gasteiger partial charge in [0.1, 0.15) is 28.9 Å². The van der Waals surface area contributed by atoms with Gasteiger partial charge in [-0.25, -0.2) is 30.8 Å². The van der Waals surface area contributed by atoms with Crippen molar-refractivity contribution in [2.24, 2.45) is 10.8 Å². The van der Waals surface area contributed by atoms with Crippen LogP contribution in [-0.4, -0.2) is 66.3 Å². The van der Waals surface area contributed by atoms with Crippen LogP contribution in [0.5, 0.6) is 0 Å². The highest BCUT2D eigenvalue weighted by atomic mass is 32.2. The molecule has 268 valence electrons. The molecule has 50 heavy (non-hydrogen) atoms. The molecule has 15 heteroatoms. The van der Waals surface area contributed by atoms with Crippen LogP contribution in [0.3, 0.4) is 0 Å². The number of sulfonamides is 1. The number of fused-ring (bicyclic) bond motifs is 2. The molecule has 6 atom stereocenters. The molecule has 5 rings (SSSR count). The number of hydrogen-bond acceptors (Lipinski definition) is 6. The molecule has 0 saturated carbocycles. The van der Waals surface area contributed by atoms with Gasteiger partial charge in [0.25, 0.3) is 0 Å². The maximum Gasteiger partial charge on any atom is 0.410 e. The second-order valence-corrected chi connectivity index (χ2v) is 15.8. The number of benzene rings is 3. The number of piperazine rings is 1. The number of carbonyl (C=O) groups is 1. The Labute approximate surface area is 288 Å². The lowest BCUT2D eigenvalue weighted by Gasteiger charge is -2.44. The Balaban J connectivity index is 1.51. The van der Waals surface area contributed by atoms with Crippen LogP contribution in [-0.2, 0) is 21.2 Å². The maximum absolute atomic E-state index is 15.8. The van der Waals surface area contributed by atoms with E-state index in [9.17, 15) is 31.9 Å². The van der Waals surface area contributed by atoms with Crippen molar-refractivity contribution in [3.63, 3.8) is 0 Å². The highest BCUT2D eigenvalue weighted by molar-refractivity contribution is 7.89. The molecule has 0 aliphatic carbocycles. The molecule has 3 aromatic rings. The van der Waals surface area contributed by atoms with E-state index < -0.39 is 69.0 Å². The standard InChI is InChI=1S/C35H40F4N6O4S/c1-35(2,3)49-34(46)44-19-27(45-20-26(44)6-5-15-50(45,47)48)13-14-28-29(7-4-8-30(28)39)32(40)33(42-43-41)31(21-9-11-23(36)12-10-21)22-16-24(37)18-25(38)17-22/h4,7-12,16-18,26-27,31-33H,5-6,13-15,19-20,40H2,1-3H3/t26-,27-,31-,32-,33-/m0/s1. The molecule has 1 unspecified atom stereocenters. The first-order chi connectivity index (χ1) is 23.6. The van der Waals surface area contributed by atoms with E-state index in [1.165, 1.54) is 28.6 Å². The van der Waals surface area contributed by atoms with E-state index in [2.05, 4.69) is 10.0 Å². The van der Waals surface area contributed by atoms with Gasteiger partial charge < -0.3 is 15.4 Å². The topological polar surface area (TPSA) is 142 Å². The number of carbonyl (C=O) groups excluding carboxylic acids is 1. The molecule has 0 spiro atoms. The van der Waals surface area contributed by atoms with E-state index in [0.29, 0.717) is 24.5 Å². The highest BCUT2D eigenvalue weighted by Crippen LogP contribution is 2.39. The van der Waals surface area contributed by atoms with Crippen LogP contribution >= 0.6 is 0 Å². The molecule has 0 aromatic heterocycles. The van der Waals surface area contributed by atoms with Crippen LogP contribution in [0.2, 0.25) is 0 Å². The molecule has 2 heterocycles. The van der Waals surface area contributed by atoms with Crippen LogP contribution in [0.15, 0.2) is 65.8 Å². The van der Waals surface area contributed by atoms with E-state index in [1.807, 2.05) is 0 Å². The fraction of sp³-hybridized carbons (Fsp3) is 0.457. The van der Waals surface area contributed by atoms with Crippen molar-refractivity contribution in [3.05, 3.63) is 117 Å². The molecule has 2 aliphatic heterocycles. The Morgan fingerprint density at radius 2 is 1.70 bits per heavy atom. The van der Waals surface area contributed by atoms with Gasteiger partial charge in [0.05, 0.1) is 11.8 Å². The van der Waals surface area contributed by atoms with Crippen molar-refractivity contribution in [1.29, 1.82) is 0 Å². The SMILES string of the molecule is CC(C)(C)OC(=O)N1C[C@H](CCc2c(F)cccc2[C@H](N)[C@@H](N=[N+]=[N-])[C@@H](c2ccc(F)cc2)c2cc(F)cc(F)c2)N2C[C@@H]1CCCS2(=O)=O.